The molecule has 0 saturated carbocycles. The highest BCUT2D eigenvalue weighted by Gasteiger charge is 2.49. The Morgan fingerprint density at radius 1 is 1.22 bits per heavy atom. The van der Waals surface area contributed by atoms with Crippen LogP contribution in [-0.4, -0.2) is 83.0 Å². The van der Waals surface area contributed by atoms with Crippen molar-refractivity contribution in [1.29, 1.82) is 0 Å². The first kappa shape index (κ1) is 30.4. The average molecular weight is 654 g/mol. The molecule has 6 heterocycles. The van der Waals surface area contributed by atoms with Crippen LogP contribution in [0.5, 0.6) is 11.9 Å². The van der Waals surface area contributed by atoms with Crippen molar-refractivity contribution in [2.24, 2.45) is 0 Å². The number of nitrogen functional groups attached to an aromatic ring is 1. The van der Waals surface area contributed by atoms with E-state index in [0.717, 1.165) is 44.5 Å². The summed E-state index contributed by atoms with van der Waals surface area (Å²) in [6, 6.07) is 1.69. The summed E-state index contributed by atoms with van der Waals surface area (Å²) in [5.74, 6) is -0.906. The summed E-state index contributed by atoms with van der Waals surface area (Å²) in [6.07, 6.45) is -2.64. The molecule has 45 heavy (non-hydrogen) atoms. The number of alkyl halides is 4. The van der Waals surface area contributed by atoms with E-state index in [1.165, 1.54) is 0 Å². The summed E-state index contributed by atoms with van der Waals surface area (Å²) in [7, 11) is 0. The maximum Gasteiger partial charge on any atom is 0.418 e. The fourth-order valence-electron chi connectivity index (χ4n) is 7.47. The quantitative estimate of drug-likeness (QED) is 0.278. The van der Waals surface area contributed by atoms with Gasteiger partial charge in [0, 0.05) is 49.3 Å². The third-order valence-corrected chi connectivity index (χ3v) is 9.81. The van der Waals surface area contributed by atoms with Gasteiger partial charge in [-0.1, -0.05) is 11.6 Å². The second kappa shape index (κ2) is 11.2. The van der Waals surface area contributed by atoms with E-state index in [2.05, 4.69) is 25.1 Å². The van der Waals surface area contributed by atoms with Gasteiger partial charge in [0.25, 0.3) is 0 Å². The van der Waals surface area contributed by atoms with Gasteiger partial charge in [0.15, 0.2) is 5.82 Å². The lowest BCUT2D eigenvalue weighted by Crippen LogP contribution is -2.45. The first-order valence-electron chi connectivity index (χ1n) is 15.2. The van der Waals surface area contributed by atoms with Crippen LogP contribution in [0.3, 0.4) is 0 Å². The number of aromatic nitrogens is 3. The van der Waals surface area contributed by atoms with E-state index < -0.39 is 45.5 Å². The molecule has 0 amide bonds. The van der Waals surface area contributed by atoms with Gasteiger partial charge in [0.2, 0.25) is 5.88 Å². The molecule has 3 fully saturated rings. The number of nitrogens with zero attached hydrogens (tertiary/aromatic N) is 5. The van der Waals surface area contributed by atoms with Gasteiger partial charge in [-0.05, 0) is 51.4 Å². The lowest BCUT2D eigenvalue weighted by atomic mass is 9.95. The molecule has 3 N–H and O–H groups in total. The van der Waals surface area contributed by atoms with Crippen LogP contribution in [0.25, 0.3) is 22.2 Å². The van der Waals surface area contributed by atoms with Gasteiger partial charge < -0.3 is 25.4 Å². The molecule has 7 rings (SSSR count). The Morgan fingerprint density at radius 2 is 2.04 bits per heavy atom. The fourth-order valence-corrected chi connectivity index (χ4v) is 7.81. The molecule has 2 aromatic heterocycles. The van der Waals surface area contributed by atoms with Crippen molar-refractivity contribution in [2.75, 3.05) is 50.0 Å². The molecule has 3 aromatic rings. The Balaban J connectivity index is 1.44. The first-order chi connectivity index (χ1) is 21.4. The van der Waals surface area contributed by atoms with Gasteiger partial charge in [-0.15, -0.1) is 0 Å². The van der Waals surface area contributed by atoms with E-state index >= 15 is 4.39 Å². The molecule has 4 atom stereocenters. The molecule has 2 unspecified atom stereocenters. The third-order valence-electron chi connectivity index (χ3n) is 9.52. The molecule has 0 bridgehead atoms. The minimum Gasteiger partial charge on any atom is -0.477 e. The van der Waals surface area contributed by atoms with E-state index in [1.807, 2.05) is 6.92 Å². The highest BCUT2D eigenvalue weighted by atomic mass is 35.5. The topological polar surface area (TPSA) is 102 Å². The van der Waals surface area contributed by atoms with Crippen LogP contribution in [-0.2, 0) is 6.18 Å². The van der Waals surface area contributed by atoms with Gasteiger partial charge in [-0.25, -0.2) is 13.8 Å². The van der Waals surface area contributed by atoms with Crippen molar-refractivity contribution in [1.82, 2.24) is 25.2 Å². The van der Waals surface area contributed by atoms with Crippen LogP contribution in [0.15, 0.2) is 12.1 Å². The van der Waals surface area contributed by atoms with E-state index in [1.54, 1.807) is 0 Å². The number of halogens is 6. The number of ether oxygens (including phenoxy) is 2. The van der Waals surface area contributed by atoms with E-state index in [4.69, 9.17) is 31.8 Å². The second-order valence-corrected chi connectivity index (χ2v) is 12.9. The summed E-state index contributed by atoms with van der Waals surface area (Å²) in [5.41, 5.74) is 2.38. The van der Waals surface area contributed by atoms with Crippen LogP contribution < -0.4 is 25.4 Å². The van der Waals surface area contributed by atoms with Crippen molar-refractivity contribution >= 4 is 34.0 Å². The third kappa shape index (κ3) is 5.28. The van der Waals surface area contributed by atoms with Crippen LogP contribution in [0.1, 0.15) is 44.6 Å². The Bertz CT molecular complexity index is 1640. The predicted octanol–water partition coefficient (Wildman–Crippen LogP) is 5.38. The number of pyridine rings is 1. The maximum absolute atomic E-state index is 16.7. The number of rotatable bonds is 5. The zero-order valence-corrected chi connectivity index (χ0v) is 25.3. The smallest absolute Gasteiger partial charge is 0.418 e. The number of anilines is 2. The van der Waals surface area contributed by atoms with Crippen molar-refractivity contribution in [3.05, 3.63) is 28.5 Å². The highest BCUT2D eigenvalue weighted by molar-refractivity contribution is 6.32. The van der Waals surface area contributed by atoms with E-state index in [0.29, 0.717) is 31.7 Å². The molecule has 1 aromatic carbocycles. The van der Waals surface area contributed by atoms with E-state index in [-0.39, 0.29) is 53.8 Å². The standard InChI is InChI=1S/C30H33ClF5N7O2/c1-15-4-8-44-27-21-25(23(33)24(39-27)19-9-17(37)10-20(31)22(19)30(34,35)36)40-28(41-26(21)43(15)18-3-6-38-12-18)45-14-29-5-2-7-42(29)13-16(32)11-29/h9-10,15-16,18,38H,2-8,11-14,37H2,1H3/t15?,16-,18?,29+/m1/s1. The molecule has 15 heteroatoms. The molecule has 4 aliphatic heterocycles. The van der Waals surface area contributed by atoms with Gasteiger partial charge in [0.1, 0.15) is 35.2 Å². The largest absolute Gasteiger partial charge is 0.477 e. The SMILES string of the molecule is CC1CCOc2nc(-c3cc(N)cc(Cl)c3C(F)(F)F)c(F)c3nc(OC[C@@]45CCCN4C[C@H](F)C5)nc(c23)N1C1CCNC1. The molecule has 0 radical (unpaired) electrons. The number of nitrogens with one attached hydrogen (secondary N) is 1. The van der Waals surface area contributed by atoms with Gasteiger partial charge in [-0.2, -0.15) is 23.1 Å². The van der Waals surface area contributed by atoms with Crippen molar-refractivity contribution in [3.63, 3.8) is 0 Å². The number of benzene rings is 1. The number of hydrogen-bond acceptors (Lipinski definition) is 9. The van der Waals surface area contributed by atoms with Gasteiger partial charge >= 0.3 is 12.2 Å². The Hall–Kier alpha value is -3.23. The van der Waals surface area contributed by atoms with Crippen LogP contribution in [0.2, 0.25) is 5.02 Å². The Kier molecular flexibility index (Phi) is 7.59. The number of nitrogens with two attached hydrogens (primary N) is 1. The Labute approximate surface area is 261 Å². The van der Waals surface area contributed by atoms with Crippen LogP contribution >= 0.6 is 11.6 Å². The molecule has 0 spiro atoms. The molecule has 3 saturated heterocycles. The minimum absolute atomic E-state index is 0.00440. The van der Waals surface area contributed by atoms with Gasteiger partial charge in [0.05, 0.1) is 22.7 Å². The summed E-state index contributed by atoms with van der Waals surface area (Å²) in [5, 5.41) is 2.80. The molecule has 9 nitrogen and oxygen atoms in total. The second-order valence-electron chi connectivity index (χ2n) is 12.5. The maximum atomic E-state index is 16.7. The normalized spacial score (nSPS) is 27.0. The molecule has 242 valence electrons. The molecular weight excluding hydrogens is 621 g/mol. The minimum atomic E-state index is -4.94. The average Bonchev–Trinajstić information content (AvgIpc) is 3.68. The predicted molar refractivity (Wildman–Crippen MR) is 159 cm³/mol. The Morgan fingerprint density at radius 3 is 2.80 bits per heavy atom. The summed E-state index contributed by atoms with van der Waals surface area (Å²) < 4.78 is 86.2. The lowest BCUT2D eigenvalue weighted by Gasteiger charge is -2.37. The van der Waals surface area contributed by atoms with Crippen LogP contribution in [0, 0.1) is 5.82 Å². The monoisotopic (exact) mass is 653 g/mol. The highest BCUT2D eigenvalue weighted by Crippen LogP contribution is 2.47. The molecular formula is C30H33ClF5N7O2. The summed E-state index contributed by atoms with van der Waals surface area (Å²) in [4.78, 5) is 17.7. The molecule has 0 aliphatic carbocycles. The summed E-state index contributed by atoms with van der Waals surface area (Å²) >= 11 is 6.02. The number of hydrogen-bond donors (Lipinski definition) is 2. The van der Waals surface area contributed by atoms with Crippen LogP contribution in [0.4, 0.5) is 33.5 Å². The van der Waals surface area contributed by atoms with Gasteiger partial charge in [-0.3, -0.25) is 4.90 Å². The zero-order valence-electron chi connectivity index (χ0n) is 24.6. The summed E-state index contributed by atoms with van der Waals surface area (Å²) in [6.45, 7) is 4.78. The number of fused-ring (bicyclic) bond motifs is 1. The zero-order chi connectivity index (χ0) is 31.7. The molecule has 4 aliphatic rings. The van der Waals surface area contributed by atoms with Crippen molar-refractivity contribution in [3.8, 4) is 23.1 Å². The fraction of sp³-hybridized carbons (Fsp3) is 0.567. The first-order valence-corrected chi connectivity index (χ1v) is 15.5. The van der Waals surface area contributed by atoms with Crippen molar-refractivity contribution in [2.45, 2.75) is 69.0 Å². The van der Waals surface area contributed by atoms with Crippen molar-refractivity contribution < 1.29 is 31.4 Å². The lowest BCUT2D eigenvalue weighted by molar-refractivity contribution is -0.137. The van der Waals surface area contributed by atoms with E-state index in [9.17, 15) is 17.6 Å².